The summed E-state index contributed by atoms with van der Waals surface area (Å²) < 4.78 is 0. The molecule has 0 aliphatic heterocycles. The van der Waals surface area contributed by atoms with Crippen LogP contribution in [0.4, 0.5) is 0 Å². The number of aromatic nitrogens is 1. The highest BCUT2D eigenvalue weighted by Gasteiger charge is 2.00. The summed E-state index contributed by atoms with van der Waals surface area (Å²) in [6.07, 6.45) is 0. The van der Waals surface area contributed by atoms with Gasteiger partial charge in [-0.3, -0.25) is 4.98 Å². The Morgan fingerprint density at radius 3 is 2.85 bits per heavy atom. The maximum absolute atomic E-state index is 5.53. The minimum Gasteiger partial charge on any atom is -0.322 e. The molecule has 0 bridgehead atoms. The van der Waals surface area contributed by atoms with Gasteiger partial charge in [0, 0.05) is 17.6 Å². The van der Waals surface area contributed by atoms with E-state index in [4.69, 9.17) is 5.73 Å². The molecule has 0 aliphatic rings. The number of hydrogen-bond acceptors (Lipinski definition) is 2. The van der Waals surface area contributed by atoms with E-state index < -0.39 is 0 Å². The van der Waals surface area contributed by atoms with Gasteiger partial charge in [0.1, 0.15) is 0 Å². The highest BCUT2D eigenvalue weighted by molar-refractivity contribution is 5.83. The fourth-order valence-corrected chi connectivity index (χ4v) is 1.48. The summed E-state index contributed by atoms with van der Waals surface area (Å²) in [6.45, 7) is 3.59. The topological polar surface area (TPSA) is 38.9 Å². The summed E-state index contributed by atoms with van der Waals surface area (Å²) in [5, 5.41) is 1.11. The highest BCUT2D eigenvalue weighted by Crippen LogP contribution is 2.17. The number of rotatable bonds is 1. The maximum atomic E-state index is 5.53. The fourth-order valence-electron chi connectivity index (χ4n) is 1.48. The summed E-state index contributed by atoms with van der Waals surface area (Å²) in [5.41, 5.74) is 8.57. The number of fused-ring (bicyclic) bond motifs is 1. The molecule has 0 saturated carbocycles. The first kappa shape index (κ1) is 8.20. The summed E-state index contributed by atoms with van der Waals surface area (Å²) in [7, 11) is 0. The van der Waals surface area contributed by atoms with Crippen LogP contribution in [0.1, 0.15) is 11.3 Å². The second-order valence-corrected chi connectivity index (χ2v) is 3.04. The predicted octanol–water partition coefficient (Wildman–Crippen LogP) is 2.01. The number of benzene rings is 1. The number of para-hydroxylation sites is 1. The van der Waals surface area contributed by atoms with E-state index >= 15 is 0 Å². The number of nitrogens with two attached hydrogens (primary N) is 1. The van der Waals surface area contributed by atoms with Gasteiger partial charge in [0.2, 0.25) is 0 Å². The van der Waals surface area contributed by atoms with Gasteiger partial charge in [0.05, 0.1) is 5.52 Å². The van der Waals surface area contributed by atoms with Gasteiger partial charge in [0.25, 0.3) is 0 Å². The smallest absolute Gasteiger partial charge is 0.0708 e. The Balaban J connectivity index is 2.81. The van der Waals surface area contributed by atoms with Crippen molar-refractivity contribution in [3.63, 3.8) is 0 Å². The van der Waals surface area contributed by atoms with E-state index in [0.29, 0.717) is 0 Å². The zero-order chi connectivity index (χ0) is 9.26. The molecule has 13 heavy (non-hydrogen) atoms. The van der Waals surface area contributed by atoms with Crippen molar-refractivity contribution in [2.45, 2.75) is 6.92 Å². The van der Waals surface area contributed by atoms with E-state index in [1.54, 1.807) is 6.54 Å². The van der Waals surface area contributed by atoms with Gasteiger partial charge < -0.3 is 5.73 Å². The van der Waals surface area contributed by atoms with Crippen molar-refractivity contribution >= 4 is 10.9 Å². The molecule has 2 nitrogen and oxygen atoms in total. The molecule has 0 fully saturated rings. The van der Waals surface area contributed by atoms with Gasteiger partial charge in [0.15, 0.2) is 0 Å². The molecule has 2 heteroatoms. The van der Waals surface area contributed by atoms with Crippen LogP contribution in [-0.4, -0.2) is 4.98 Å². The lowest BCUT2D eigenvalue weighted by Crippen LogP contribution is -1.96. The van der Waals surface area contributed by atoms with Crippen molar-refractivity contribution in [1.29, 1.82) is 0 Å². The summed E-state index contributed by atoms with van der Waals surface area (Å²) in [6, 6.07) is 9.99. The molecule has 1 aromatic carbocycles. The van der Waals surface area contributed by atoms with Crippen LogP contribution in [0.5, 0.6) is 0 Å². The Morgan fingerprint density at radius 1 is 1.31 bits per heavy atom. The van der Waals surface area contributed by atoms with E-state index in [0.717, 1.165) is 22.2 Å². The Hall–Kier alpha value is -1.41. The number of hydrogen-bond donors (Lipinski definition) is 1. The number of nitrogens with zero attached hydrogens (tertiary/aromatic N) is 1. The molecule has 0 aliphatic carbocycles. The van der Waals surface area contributed by atoms with Crippen LogP contribution in [-0.2, 0) is 0 Å². The van der Waals surface area contributed by atoms with Crippen LogP contribution in [0.25, 0.3) is 10.9 Å². The standard InChI is InChI=1S/C11H11N2/c1-8-6-9(7-12)10-4-2-3-5-11(10)13-8/h2-7H,12H2,1H3. The summed E-state index contributed by atoms with van der Waals surface area (Å²) in [4.78, 5) is 4.41. The number of aryl methyl sites for hydroxylation is 1. The van der Waals surface area contributed by atoms with Gasteiger partial charge in [-0.25, -0.2) is 0 Å². The lowest BCUT2D eigenvalue weighted by molar-refractivity contribution is 1.23. The average Bonchev–Trinajstić information content (AvgIpc) is 2.16. The van der Waals surface area contributed by atoms with E-state index in [-0.39, 0.29) is 0 Å². The van der Waals surface area contributed by atoms with E-state index in [1.807, 2.05) is 37.3 Å². The Labute approximate surface area is 77.4 Å². The van der Waals surface area contributed by atoms with Crippen molar-refractivity contribution in [3.05, 3.63) is 48.1 Å². The third-order valence-electron chi connectivity index (χ3n) is 2.06. The van der Waals surface area contributed by atoms with Crippen LogP contribution in [0.2, 0.25) is 0 Å². The minimum absolute atomic E-state index is 0.996. The van der Waals surface area contributed by atoms with Gasteiger partial charge in [-0.1, -0.05) is 18.2 Å². The third-order valence-corrected chi connectivity index (χ3v) is 2.06. The molecular formula is C11H11N2. The molecule has 1 radical (unpaired) electrons. The van der Waals surface area contributed by atoms with Crippen molar-refractivity contribution in [3.8, 4) is 0 Å². The zero-order valence-corrected chi connectivity index (χ0v) is 7.49. The lowest BCUT2D eigenvalue weighted by atomic mass is 10.1. The van der Waals surface area contributed by atoms with E-state index in [1.165, 1.54) is 0 Å². The molecule has 1 heterocycles. The fraction of sp³-hybridized carbons (Fsp3) is 0.0909. The monoisotopic (exact) mass is 171 g/mol. The minimum atomic E-state index is 0.996. The molecule has 65 valence electrons. The van der Waals surface area contributed by atoms with Gasteiger partial charge in [-0.15, -0.1) is 0 Å². The van der Waals surface area contributed by atoms with Crippen molar-refractivity contribution in [2.24, 2.45) is 5.73 Å². The van der Waals surface area contributed by atoms with Gasteiger partial charge in [-0.2, -0.15) is 0 Å². The molecular weight excluding hydrogens is 160 g/mol. The maximum Gasteiger partial charge on any atom is 0.0708 e. The first-order valence-corrected chi connectivity index (χ1v) is 4.22. The normalized spacial score (nSPS) is 10.6. The third kappa shape index (κ3) is 1.40. The summed E-state index contributed by atoms with van der Waals surface area (Å²) >= 11 is 0. The van der Waals surface area contributed by atoms with Gasteiger partial charge >= 0.3 is 0 Å². The Bertz CT molecular complexity index is 435. The summed E-state index contributed by atoms with van der Waals surface area (Å²) in [5.74, 6) is 0. The second kappa shape index (κ2) is 3.15. The van der Waals surface area contributed by atoms with Crippen LogP contribution in [0, 0.1) is 13.5 Å². The molecule has 2 rings (SSSR count). The molecule has 2 aromatic rings. The van der Waals surface area contributed by atoms with Crippen molar-refractivity contribution < 1.29 is 0 Å². The SMILES string of the molecule is Cc1cc([CH]N)c2ccccc2n1. The lowest BCUT2D eigenvalue weighted by Gasteiger charge is -2.04. The Kier molecular flexibility index (Phi) is 1.99. The largest absolute Gasteiger partial charge is 0.322 e. The molecule has 1 aromatic heterocycles. The van der Waals surface area contributed by atoms with Crippen LogP contribution in [0.3, 0.4) is 0 Å². The van der Waals surface area contributed by atoms with Crippen LogP contribution >= 0.6 is 0 Å². The van der Waals surface area contributed by atoms with Crippen LogP contribution in [0.15, 0.2) is 30.3 Å². The molecule has 0 unspecified atom stereocenters. The van der Waals surface area contributed by atoms with Crippen LogP contribution < -0.4 is 5.73 Å². The zero-order valence-electron chi connectivity index (χ0n) is 7.49. The number of pyridine rings is 1. The highest BCUT2D eigenvalue weighted by atomic mass is 14.7. The van der Waals surface area contributed by atoms with Gasteiger partial charge in [-0.05, 0) is 24.6 Å². The molecule has 0 saturated heterocycles. The van der Waals surface area contributed by atoms with Crippen molar-refractivity contribution in [2.75, 3.05) is 0 Å². The second-order valence-electron chi connectivity index (χ2n) is 3.04. The first-order chi connectivity index (χ1) is 6.31. The molecule has 0 spiro atoms. The molecule has 2 N–H and O–H groups in total. The molecule has 0 amide bonds. The van der Waals surface area contributed by atoms with Crippen molar-refractivity contribution in [1.82, 2.24) is 4.98 Å². The first-order valence-electron chi connectivity index (χ1n) is 4.22. The van der Waals surface area contributed by atoms with E-state index in [9.17, 15) is 0 Å². The average molecular weight is 171 g/mol. The predicted molar refractivity (Wildman–Crippen MR) is 54.1 cm³/mol. The molecule has 0 atom stereocenters. The Morgan fingerprint density at radius 2 is 2.08 bits per heavy atom. The quantitative estimate of drug-likeness (QED) is 0.712. The van der Waals surface area contributed by atoms with E-state index in [2.05, 4.69) is 4.98 Å².